The van der Waals surface area contributed by atoms with Crippen molar-refractivity contribution >= 4 is 66.6 Å². The highest BCUT2D eigenvalue weighted by Crippen LogP contribution is 2.50. The van der Waals surface area contributed by atoms with E-state index in [1.807, 2.05) is 23.6 Å². The van der Waals surface area contributed by atoms with Crippen LogP contribution in [0.1, 0.15) is 5.89 Å². The Morgan fingerprint density at radius 1 is 1.24 bits per heavy atom. The number of rotatable bonds is 3. The first-order chi connectivity index (χ1) is 13.8. The lowest BCUT2D eigenvalue weighted by Crippen LogP contribution is -2.40. The first-order valence-electron chi connectivity index (χ1n) is 8.50. The van der Waals surface area contributed by atoms with Gasteiger partial charge in [0.1, 0.15) is 5.03 Å². The number of hydrogen-bond acceptors (Lipinski definition) is 7. The molecule has 1 aliphatic rings. The molecule has 0 bridgehead atoms. The zero-order valence-electron chi connectivity index (χ0n) is 15.0. The molecule has 1 aliphatic heterocycles. The van der Waals surface area contributed by atoms with E-state index >= 15 is 4.39 Å². The Labute approximate surface area is 173 Å². The molecule has 0 fully saturated rings. The number of hydrogen-bond donors (Lipinski definition) is 0. The summed E-state index contributed by atoms with van der Waals surface area (Å²) in [5, 5.41) is 3.70. The van der Waals surface area contributed by atoms with E-state index in [-0.39, 0.29) is 10.9 Å². The van der Waals surface area contributed by atoms with E-state index < -0.39 is 21.8 Å². The van der Waals surface area contributed by atoms with Gasteiger partial charge in [-0.2, -0.15) is 4.39 Å². The fourth-order valence-electron chi connectivity index (χ4n) is 3.46. The topological polar surface area (TPSA) is 77.5 Å². The molecule has 3 heterocycles. The van der Waals surface area contributed by atoms with Crippen LogP contribution in [0.15, 0.2) is 61.5 Å². The third kappa shape index (κ3) is 3.03. The van der Waals surface area contributed by atoms with Crippen molar-refractivity contribution in [2.24, 2.45) is 0 Å². The van der Waals surface area contributed by atoms with Crippen molar-refractivity contribution in [3.63, 3.8) is 0 Å². The van der Waals surface area contributed by atoms with Crippen molar-refractivity contribution in [1.82, 2.24) is 0 Å². The van der Waals surface area contributed by atoms with Crippen LogP contribution < -0.4 is 9.47 Å². The second kappa shape index (κ2) is 6.56. The van der Waals surface area contributed by atoms with E-state index in [1.165, 1.54) is 23.1 Å². The first kappa shape index (κ1) is 18.6. The predicted octanol–water partition coefficient (Wildman–Crippen LogP) is 4.28. The highest BCUT2D eigenvalue weighted by atomic mass is 32.2. The molecule has 0 saturated carbocycles. The van der Waals surface area contributed by atoms with Crippen LogP contribution in [0, 0.1) is 0 Å². The van der Waals surface area contributed by atoms with Crippen LogP contribution in [0.3, 0.4) is 0 Å². The first-order valence-corrected chi connectivity index (χ1v) is 11.8. The number of benzene rings is 2. The molecule has 0 unspecified atom stereocenters. The molecule has 2 aromatic carbocycles. The summed E-state index contributed by atoms with van der Waals surface area (Å²) in [6.45, 7) is 0. The molecule has 29 heavy (non-hydrogen) atoms. The van der Waals surface area contributed by atoms with Gasteiger partial charge >= 0.3 is 5.89 Å². The van der Waals surface area contributed by atoms with Crippen molar-refractivity contribution in [2.45, 2.75) is 10.1 Å². The summed E-state index contributed by atoms with van der Waals surface area (Å²) < 4.78 is 58.2. The lowest BCUT2D eigenvalue weighted by Gasteiger charge is -2.12. The lowest BCUT2D eigenvalue weighted by atomic mass is 10.1. The largest absolute Gasteiger partial charge is 0.743 e. The average molecular weight is 449 g/mol. The maximum absolute atomic E-state index is 15.6. The minimum Gasteiger partial charge on any atom is -0.743 e. The van der Waals surface area contributed by atoms with Crippen LogP contribution in [0.25, 0.3) is 27.7 Å². The van der Waals surface area contributed by atoms with Crippen molar-refractivity contribution in [1.29, 1.82) is 0 Å². The molecule has 0 saturated heterocycles. The van der Waals surface area contributed by atoms with Crippen LogP contribution in [0.2, 0.25) is 0 Å². The minimum absolute atomic E-state index is 0.284. The number of fused-ring (bicyclic) bond motifs is 4. The van der Waals surface area contributed by atoms with Crippen LogP contribution in [-0.2, 0) is 16.0 Å². The fourth-order valence-corrected chi connectivity index (χ4v) is 6.17. The van der Waals surface area contributed by atoms with Gasteiger partial charge < -0.3 is 13.9 Å². The smallest absolute Gasteiger partial charge is 0.414 e. The molecule has 4 aromatic rings. The second-order valence-electron chi connectivity index (χ2n) is 6.53. The van der Waals surface area contributed by atoms with Gasteiger partial charge in [-0.15, -0.1) is 15.9 Å². The van der Waals surface area contributed by atoms with Crippen molar-refractivity contribution < 1.29 is 26.3 Å². The second-order valence-corrected chi connectivity index (χ2v) is 10.1. The van der Waals surface area contributed by atoms with Gasteiger partial charge in [0, 0.05) is 7.05 Å². The number of halogens is 1. The third-order valence-electron chi connectivity index (χ3n) is 4.71. The van der Waals surface area contributed by atoms with Gasteiger partial charge in [-0.1, -0.05) is 36.0 Å². The summed E-state index contributed by atoms with van der Waals surface area (Å²) >= 11 is 2.73. The van der Waals surface area contributed by atoms with Gasteiger partial charge in [0.15, 0.2) is 10.1 Å². The highest BCUT2D eigenvalue weighted by molar-refractivity contribution is 8.05. The SMILES string of the molecule is CN1C(=C(F)c2oc3ccc4ccccc4c3[n+]2CS(=O)(=O)[O-])Sc2sccc21. The molecular formula is C19H13FN2O4S3. The molecule has 0 radical (unpaired) electrons. The molecule has 0 N–H and O–H groups in total. The standard InChI is InChI=1S/C19H13FN2O4S3/c1-21-13-8-9-27-19(13)28-18(21)15(20)17-22(10-29(23,24)25)16-12-5-3-2-4-11(12)6-7-14(16)26-17/h2-9H,10H2,1H3. The summed E-state index contributed by atoms with van der Waals surface area (Å²) in [6, 6.07) is 12.6. The lowest BCUT2D eigenvalue weighted by molar-refractivity contribution is -0.659. The van der Waals surface area contributed by atoms with Gasteiger partial charge in [-0.3, -0.25) is 0 Å². The molecular weight excluding hydrogens is 435 g/mol. The fraction of sp³-hybridized carbons (Fsp3) is 0.105. The maximum Gasteiger partial charge on any atom is 0.414 e. The summed E-state index contributed by atoms with van der Waals surface area (Å²) in [4.78, 5) is 1.69. The van der Waals surface area contributed by atoms with E-state index in [1.54, 1.807) is 36.2 Å². The molecule has 6 nitrogen and oxygen atoms in total. The Bertz CT molecular complexity index is 1420. The van der Waals surface area contributed by atoms with Crippen LogP contribution in [-0.4, -0.2) is 20.0 Å². The van der Waals surface area contributed by atoms with E-state index in [4.69, 9.17) is 4.42 Å². The molecule has 0 atom stereocenters. The van der Waals surface area contributed by atoms with E-state index in [0.29, 0.717) is 16.5 Å². The minimum atomic E-state index is -4.70. The van der Waals surface area contributed by atoms with Crippen LogP contribution >= 0.6 is 23.1 Å². The molecule has 0 spiro atoms. The third-order valence-corrected chi connectivity index (χ3v) is 7.56. The van der Waals surface area contributed by atoms with E-state index in [2.05, 4.69) is 0 Å². The summed E-state index contributed by atoms with van der Waals surface area (Å²) in [7, 11) is -2.97. The van der Waals surface area contributed by atoms with Gasteiger partial charge in [-0.25, -0.2) is 8.42 Å². The predicted molar refractivity (Wildman–Crippen MR) is 110 cm³/mol. The van der Waals surface area contributed by atoms with Crippen molar-refractivity contribution in [3.05, 3.63) is 58.8 Å². The van der Waals surface area contributed by atoms with Crippen molar-refractivity contribution in [2.75, 3.05) is 11.9 Å². The van der Waals surface area contributed by atoms with Gasteiger partial charge in [-0.05, 0) is 29.0 Å². The highest BCUT2D eigenvalue weighted by Gasteiger charge is 2.36. The zero-order chi connectivity index (χ0) is 20.3. The van der Waals surface area contributed by atoms with E-state index in [9.17, 15) is 13.0 Å². The van der Waals surface area contributed by atoms with Crippen LogP contribution in [0.5, 0.6) is 0 Å². The van der Waals surface area contributed by atoms with Crippen LogP contribution in [0.4, 0.5) is 10.1 Å². The number of nitrogens with zero attached hydrogens (tertiary/aromatic N) is 2. The molecule has 5 rings (SSSR count). The quantitative estimate of drug-likeness (QED) is 0.344. The summed E-state index contributed by atoms with van der Waals surface area (Å²) in [6.07, 6.45) is 0. The number of thioether (sulfide) groups is 1. The number of oxazole rings is 1. The average Bonchev–Trinajstić information content (AvgIpc) is 3.35. The van der Waals surface area contributed by atoms with E-state index in [0.717, 1.165) is 19.8 Å². The molecule has 148 valence electrons. The molecule has 0 amide bonds. The Balaban J connectivity index is 1.80. The van der Waals surface area contributed by atoms with Gasteiger partial charge in [0.25, 0.3) is 11.3 Å². The number of thiophene rings is 1. The van der Waals surface area contributed by atoms with Gasteiger partial charge in [0.05, 0.1) is 15.3 Å². The molecule has 2 aromatic heterocycles. The molecule has 0 aliphatic carbocycles. The normalized spacial score (nSPS) is 16.0. The van der Waals surface area contributed by atoms with Crippen molar-refractivity contribution in [3.8, 4) is 0 Å². The maximum atomic E-state index is 15.6. The summed E-state index contributed by atoms with van der Waals surface area (Å²) in [5.41, 5.74) is 1.54. The zero-order valence-corrected chi connectivity index (χ0v) is 17.4. The Hall–Kier alpha value is -2.40. The summed E-state index contributed by atoms with van der Waals surface area (Å²) in [5.74, 6) is -1.94. The monoisotopic (exact) mass is 448 g/mol. The Kier molecular flexibility index (Phi) is 4.21. The Morgan fingerprint density at radius 2 is 2.03 bits per heavy atom. The Morgan fingerprint density at radius 3 is 2.79 bits per heavy atom. The van der Waals surface area contributed by atoms with Gasteiger partial charge in [0.2, 0.25) is 11.5 Å². The molecule has 10 heteroatoms. The number of aromatic nitrogens is 1. The number of anilines is 1.